The van der Waals surface area contributed by atoms with Crippen LogP contribution in [0, 0.1) is 0 Å². The van der Waals surface area contributed by atoms with Crippen molar-refractivity contribution in [3.05, 3.63) is 28.8 Å². The number of anilines is 1. The van der Waals surface area contributed by atoms with Crippen molar-refractivity contribution in [2.45, 2.75) is 12.5 Å². The van der Waals surface area contributed by atoms with Gasteiger partial charge in [0, 0.05) is 0 Å². The van der Waals surface area contributed by atoms with Crippen LogP contribution >= 0.6 is 11.6 Å². The number of carboxylic acids is 1. The first-order valence-electron chi connectivity index (χ1n) is 5.46. The number of rotatable bonds is 4. The van der Waals surface area contributed by atoms with Gasteiger partial charge in [-0.25, -0.2) is 0 Å². The summed E-state index contributed by atoms with van der Waals surface area (Å²) in [5.41, 5.74) is 0.392. The SMILES string of the molecule is O=C(O)CC(O)CN1C(=O)C(=O)c2cccc(Cl)c21. The van der Waals surface area contributed by atoms with E-state index in [0.29, 0.717) is 0 Å². The van der Waals surface area contributed by atoms with Gasteiger partial charge in [-0.2, -0.15) is 0 Å². The van der Waals surface area contributed by atoms with Crippen LogP contribution in [0.2, 0.25) is 5.02 Å². The van der Waals surface area contributed by atoms with Crippen LogP contribution in [0.4, 0.5) is 5.69 Å². The average molecular weight is 284 g/mol. The lowest BCUT2D eigenvalue weighted by Gasteiger charge is -2.20. The summed E-state index contributed by atoms with van der Waals surface area (Å²) in [6.07, 6.45) is -1.78. The summed E-state index contributed by atoms with van der Waals surface area (Å²) >= 11 is 5.94. The summed E-state index contributed by atoms with van der Waals surface area (Å²) in [6.45, 7) is -0.284. The van der Waals surface area contributed by atoms with E-state index in [0.717, 1.165) is 4.90 Å². The van der Waals surface area contributed by atoms with Crippen LogP contribution in [0.25, 0.3) is 0 Å². The zero-order chi connectivity index (χ0) is 14.2. The Morgan fingerprint density at radius 1 is 1.37 bits per heavy atom. The van der Waals surface area contributed by atoms with Crippen molar-refractivity contribution in [3.63, 3.8) is 0 Å². The second-order valence-electron chi connectivity index (χ2n) is 4.13. The lowest BCUT2D eigenvalue weighted by molar-refractivity contribution is -0.139. The maximum atomic E-state index is 11.8. The lowest BCUT2D eigenvalue weighted by Crippen LogP contribution is -2.37. The number of carbonyl (C=O) groups is 3. The minimum atomic E-state index is -1.27. The van der Waals surface area contributed by atoms with Crippen molar-refractivity contribution in [2.24, 2.45) is 0 Å². The monoisotopic (exact) mass is 283 g/mol. The molecule has 1 unspecified atom stereocenters. The predicted molar refractivity (Wildman–Crippen MR) is 66.4 cm³/mol. The molecule has 7 heteroatoms. The first-order valence-corrected chi connectivity index (χ1v) is 5.84. The van der Waals surface area contributed by atoms with Crippen LogP contribution in [0.1, 0.15) is 16.8 Å². The normalized spacial score (nSPS) is 15.6. The summed E-state index contributed by atoms with van der Waals surface area (Å²) in [5.74, 6) is -2.71. The third kappa shape index (κ3) is 2.45. The summed E-state index contributed by atoms with van der Waals surface area (Å²) in [6, 6.07) is 4.53. The fourth-order valence-corrected chi connectivity index (χ4v) is 2.24. The Morgan fingerprint density at radius 3 is 2.68 bits per heavy atom. The molecule has 2 rings (SSSR count). The van der Waals surface area contributed by atoms with Gasteiger partial charge >= 0.3 is 5.97 Å². The molecule has 0 radical (unpaired) electrons. The Bertz CT molecular complexity index is 571. The van der Waals surface area contributed by atoms with Crippen molar-refractivity contribution >= 4 is 34.9 Å². The molecule has 1 heterocycles. The second kappa shape index (κ2) is 4.99. The van der Waals surface area contributed by atoms with Gasteiger partial charge in [-0.05, 0) is 12.1 Å². The van der Waals surface area contributed by atoms with Gasteiger partial charge in [0.1, 0.15) is 0 Å². The van der Waals surface area contributed by atoms with Crippen molar-refractivity contribution in [1.29, 1.82) is 0 Å². The van der Waals surface area contributed by atoms with Crippen LogP contribution in [-0.4, -0.2) is 40.5 Å². The Morgan fingerprint density at radius 2 is 2.05 bits per heavy atom. The number of aliphatic carboxylic acids is 1. The van der Waals surface area contributed by atoms with Crippen molar-refractivity contribution in [2.75, 3.05) is 11.4 Å². The molecule has 19 heavy (non-hydrogen) atoms. The van der Waals surface area contributed by atoms with Crippen LogP contribution in [0.5, 0.6) is 0 Å². The second-order valence-corrected chi connectivity index (χ2v) is 4.54. The molecule has 1 aliphatic rings. The standard InChI is InChI=1S/C12H10ClNO5/c13-8-3-1-2-7-10(8)14(12(19)11(7)18)5-6(15)4-9(16)17/h1-3,6,15H,4-5H2,(H,16,17). The van der Waals surface area contributed by atoms with E-state index in [4.69, 9.17) is 16.7 Å². The van der Waals surface area contributed by atoms with Gasteiger partial charge in [0.15, 0.2) is 0 Å². The third-order valence-corrected chi connectivity index (χ3v) is 3.05. The summed E-state index contributed by atoms with van der Waals surface area (Å²) in [5, 5.41) is 18.3. The number of halogens is 1. The fraction of sp³-hybridized carbons (Fsp3) is 0.250. The van der Waals surface area contributed by atoms with Crippen LogP contribution in [-0.2, 0) is 9.59 Å². The van der Waals surface area contributed by atoms with Gasteiger partial charge in [-0.15, -0.1) is 0 Å². The molecule has 0 saturated carbocycles. The van der Waals surface area contributed by atoms with E-state index in [1.54, 1.807) is 6.07 Å². The number of hydrogen-bond donors (Lipinski definition) is 2. The highest BCUT2D eigenvalue weighted by molar-refractivity contribution is 6.54. The van der Waals surface area contributed by atoms with E-state index in [1.165, 1.54) is 12.1 Å². The van der Waals surface area contributed by atoms with E-state index >= 15 is 0 Å². The van der Waals surface area contributed by atoms with Gasteiger partial charge < -0.3 is 15.1 Å². The Labute approximate surface area is 113 Å². The molecule has 6 nitrogen and oxygen atoms in total. The number of Topliss-reactive ketones (excluding diaryl/α,β-unsaturated/α-hetero) is 1. The molecule has 1 aromatic carbocycles. The minimum Gasteiger partial charge on any atom is -0.481 e. The number of amides is 1. The minimum absolute atomic E-state index is 0.167. The number of carbonyl (C=O) groups excluding carboxylic acids is 2. The van der Waals surface area contributed by atoms with Crippen LogP contribution in [0.15, 0.2) is 18.2 Å². The van der Waals surface area contributed by atoms with Gasteiger partial charge in [-0.3, -0.25) is 14.4 Å². The molecule has 1 amide bonds. The molecular weight excluding hydrogens is 274 g/mol. The number of carboxylic acid groups (broad SMARTS) is 1. The van der Waals surface area contributed by atoms with E-state index in [-0.39, 0.29) is 22.8 Å². The van der Waals surface area contributed by atoms with Crippen molar-refractivity contribution in [1.82, 2.24) is 0 Å². The zero-order valence-electron chi connectivity index (χ0n) is 9.67. The van der Waals surface area contributed by atoms with Gasteiger partial charge in [-0.1, -0.05) is 17.7 Å². The Hall–Kier alpha value is -1.92. The molecule has 0 aliphatic carbocycles. The Balaban J connectivity index is 2.30. The van der Waals surface area contributed by atoms with Crippen LogP contribution in [0.3, 0.4) is 0 Å². The molecule has 0 spiro atoms. The van der Waals surface area contributed by atoms with E-state index in [9.17, 15) is 19.5 Å². The number of benzene rings is 1. The van der Waals surface area contributed by atoms with Gasteiger partial charge in [0.05, 0.1) is 35.3 Å². The quantitative estimate of drug-likeness (QED) is 0.793. The maximum absolute atomic E-state index is 11.8. The number of ketones is 1. The third-order valence-electron chi connectivity index (χ3n) is 2.74. The topological polar surface area (TPSA) is 94.9 Å². The number of para-hydroxylation sites is 1. The zero-order valence-corrected chi connectivity index (χ0v) is 10.4. The Kier molecular flexibility index (Phi) is 3.55. The summed E-state index contributed by atoms with van der Waals surface area (Å²) in [7, 11) is 0. The summed E-state index contributed by atoms with van der Waals surface area (Å²) in [4.78, 5) is 35.0. The first-order chi connectivity index (χ1) is 8.91. The molecule has 1 aliphatic heterocycles. The molecule has 0 saturated heterocycles. The average Bonchev–Trinajstić information content (AvgIpc) is 2.55. The number of aliphatic hydroxyl groups excluding tert-OH is 1. The van der Waals surface area contributed by atoms with Crippen LogP contribution < -0.4 is 4.90 Å². The van der Waals surface area contributed by atoms with Gasteiger partial charge in [0.2, 0.25) is 0 Å². The smallest absolute Gasteiger partial charge is 0.306 e. The molecule has 100 valence electrons. The highest BCUT2D eigenvalue weighted by Crippen LogP contribution is 2.35. The molecule has 0 aromatic heterocycles. The molecule has 1 atom stereocenters. The number of aliphatic hydroxyl groups is 1. The lowest BCUT2D eigenvalue weighted by atomic mass is 10.1. The van der Waals surface area contributed by atoms with Gasteiger partial charge in [0.25, 0.3) is 11.7 Å². The number of hydrogen-bond acceptors (Lipinski definition) is 4. The largest absolute Gasteiger partial charge is 0.481 e. The molecule has 0 bridgehead atoms. The van der Waals surface area contributed by atoms with E-state index in [1.807, 2.05) is 0 Å². The maximum Gasteiger partial charge on any atom is 0.306 e. The molecular formula is C12H10ClNO5. The van der Waals surface area contributed by atoms with E-state index in [2.05, 4.69) is 0 Å². The van der Waals surface area contributed by atoms with E-state index < -0.39 is 30.2 Å². The number of β-amino-alcohol motifs (C(OH)–C–C–N with tert-alkyl or cyclic N) is 1. The number of nitrogens with zero attached hydrogens (tertiary/aromatic N) is 1. The van der Waals surface area contributed by atoms with Crippen molar-refractivity contribution < 1.29 is 24.6 Å². The molecule has 1 aromatic rings. The summed E-state index contributed by atoms with van der Waals surface area (Å²) < 4.78 is 0. The molecule has 2 N–H and O–H groups in total. The fourth-order valence-electron chi connectivity index (χ4n) is 1.96. The molecule has 0 fully saturated rings. The number of fused-ring (bicyclic) bond motifs is 1. The highest BCUT2D eigenvalue weighted by Gasteiger charge is 2.38. The first kappa shape index (κ1) is 13.5. The predicted octanol–water partition coefficient (Wildman–Crippen LogP) is 0.705. The van der Waals surface area contributed by atoms with Crippen molar-refractivity contribution in [3.8, 4) is 0 Å². The highest BCUT2D eigenvalue weighted by atomic mass is 35.5.